The Morgan fingerprint density at radius 3 is 2.95 bits per heavy atom. The molecule has 1 N–H and O–H groups in total. The summed E-state index contributed by atoms with van der Waals surface area (Å²) in [5.41, 5.74) is 1.02. The maximum absolute atomic E-state index is 13.3. The molecule has 0 atom stereocenters. The van der Waals surface area contributed by atoms with E-state index in [1.54, 1.807) is 6.07 Å². The van der Waals surface area contributed by atoms with E-state index in [1.165, 1.54) is 12.3 Å². The number of rotatable bonds is 4. The molecule has 2 rings (SSSR count). The molecule has 1 aromatic carbocycles. The highest BCUT2D eigenvalue weighted by Crippen LogP contribution is 2.11. The molecule has 0 saturated heterocycles. The molecule has 98 valence electrons. The van der Waals surface area contributed by atoms with Crippen molar-refractivity contribution in [3.05, 3.63) is 64.7 Å². The van der Waals surface area contributed by atoms with Gasteiger partial charge in [-0.05, 0) is 30.2 Å². The van der Waals surface area contributed by atoms with Gasteiger partial charge in [0, 0.05) is 17.8 Å². The molecule has 0 fully saturated rings. The summed E-state index contributed by atoms with van der Waals surface area (Å²) in [4.78, 5) is 15.3. The highest BCUT2D eigenvalue weighted by atomic mass is 35.5. The standard InChI is InChI=1S/C14H12ClFN2O/c15-11-3-1-2-10(8-11)4-7-18-14(19)12-5-6-17-9-13(12)16/h1-3,5-6,8-9H,4,7H2,(H,18,19). The van der Waals surface area contributed by atoms with Gasteiger partial charge in [-0.2, -0.15) is 0 Å². The van der Waals surface area contributed by atoms with Crippen LogP contribution in [-0.4, -0.2) is 17.4 Å². The van der Waals surface area contributed by atoms with Gasteiger partial charge in [-0.3, -0.25) is 9.78 Å². The summed E-state index contributed by atoms with van der Waals surface area (Å²) in [6, 6.07) is 8.74. The second kappa shape index (κ2) is 6.29. The first-order chi connectivity index (χ1) is 9.16. The number of carbonyl (C=O) groups excluding carboxylic acids is 1. The molecule has 1 heterocycles. The van der Waals surface area contributed by atoms with Crippen LogP contribution in [0.1, 0.15) is 15.9 Å². The van der Waals surface area contributed by atoms with Crippen LogP contribution in [0.4, 0.5) is 4.39 Å². The molecule has 0 bridgehead atoms. The molecule has 1 aromatic heterocycles. The highest BCUT2D eigenvalue weighted by Gasteiger charge is 2.10. The third-order valence-corrected chi connectivity index (χ3v) is 2.84. The normalized spacial score (nSPS) is 10.2. The lowest BCUT2D eigenvalue weighted by Crippen LogP contribution is -2.26. The van der Waals surface area contributed by atoms with E-state index in [9.17, 15) is 9.18 Å². The first-order valence-electron chi connectivity index (χ1n) is 5.79. The molecule has 0 aliphatic carbocycles. The fraction of sp³-hybridized carbons (Fsp3) is 0.143. The van der Waals surface area contributed by atoms with Crippen molar-refractivity contribution in [2.75, 3.05) is 6.54 Å². The van der Waals surface area contributed by atoms with Gasteiger partial charge in [-0.1, -0.05) is 23.7 Å². The molecule has 1 amide bonds. The quantitative estimate of drug-likeness (QED) is 0.934. The van der Waals surface area contributed by atoms with Crippen molar-refractivity contribution in [1.82, 2.24) is 10.3 Å². The Balaban J connectivity index is 1.90. The predicted molar refractivity (Wildman–Crippen MR) is 71.7 cm³/mol. The van der Waals surface area contributed by atoms with Gasteiger partial charge in [0.15, 0.2) is 5.82 Å². The first kappa shape index (κ1) is 13.5. The molecule has 0 radical (unpaired) electrons. The van der Waals surface area contributed by atoms with E-state index in [1.807, 2.05) is 18.2 Å². The fourth-order valence-corrected chi connectivity index (χ4v) is 1.88. The van der Waals surface area contributed by atoms with Crippen LogP contribution >= 0.6 is 11.6 Å². The van der Waals surface area contributed by atoms with E-state index in [2.05, 4.69) is 10.3 Å². The second-order valence-corrected chi connectivity index (χ2v) is 4.43. The van der Waals surface area contributed by atoms with Crippen LogP contribution in [0.2, 0.25) is 5.02 Å². The number of aromatic nitrogens is 1. The number of nitrogens with one attached hydrogen (secondary N) is 1. The number of pyridine rings is 1. The predicted octanol–water partition coefficient (Wildman–Crippen LogP) is 2.85. The summed E-state index contributed by atoms with van der Waals surface area (Å²) in [5.74, 6) is -1.07. The van der Waals surface area contributed by atoms with Gasteiger partial charge < -0.3 is 5.32 Å². The molecule has 3 nitrogen and oxygen atoms in total. The van der Waals surface area contributed by atoms with Crippen molar-refractivity contribution in [3.63, 3.8) is 0 Å². The third kappa shape index (κ3) is 3.76. The number of amides is 1. The molecule has 0 unspecified atom stereocenters. The van der Waals surface area contributed by atoms with Gasteiger partial charge in [-0.15, -0.1) is 0 Å². The lowest BCUT2D eigenvalue weighted by molar-refractivity contribution is 0.0950. The molecule has 5 heteroatoms. The van der Waals surface area contributed by atoms with Gasteiger partial charge in [0.05, 0.1) is 11.8 Å². The Labute approximate surface area is 115 Å². The van der Waals surface area contributed by atoms with Gasteiger partial charge in [-0.25, -0.2) is 4.39 Å². The first-order valence-corrected chi connectivity index (χ1v) is 6.17. The molecule has 2 aromatic rings. The highest BCUT2D eigenvalue weighted by molar-refractivity contribution is 6.30. The van der Waals surface area contributed by atoms with Crippen molar-refractivity contribution in [2.24, 2.45) is 0 Å². The van der Waals surface area contributed by atoms with Crippen molar-refractivity contribution in [1.29, 1.82) is 0 Å². The number of hydrogen-bond donors (Lipinski definition) is 1. The summed E-state index contributed by atoms with van der Waals surface area (Å²) in [5, 5.41) is 3.31. The fourth-order valence-electron chi connectivity index (χ4n) is 1.67. The largest absolute Gasteiger partial charge is 0.352 e. The Bertz CT molecular complexity index is 589. The lowest BCUT2D eigenvalue weighted by Gasteiger charge is -2.06. The van der Waals surface area contributed by atoms with Crippen LogP contribution in [0.25, 0.3) is 0 Å². The SMILES string of the molecule is O=C(NCCc1cccc(Cl)c1)c1ccncc1F. The van der Waals surface area contributed by atoms with Gasteiger partial charge in [0.1, 0.15) is 0 Å². The van der Waals surface area contributed by atoms with Crippen molar-refractivity contribution in [2.45, 2.75) is 6.42 Å². The zero-order chi connectivity index (χ0) is 13.7. The van der Waals surface area contributed by atoms with Crippen molar-refractivity contribution in [3.8, 4) is 0 Å². The average Bonchev–Trinajstić information content (AvgIpc) is 2.39. The minimum atomic E-state index is -0.622. The Kier molecular flexibility index (Phi) is 4.47. The van der Waals surface area contributed by atoms with Crippen LogP contribution in [0.15, 0.2) is 42.7 Å². The van der Waals surface area contributed by atoms with E-state index in [0.29, 0.717) is 18.0 Å². The summed E-state index contributed by atoms with van der Waals surface area (Å²) in [6.45, 7) is 0.418. The zero-order valence-electron chi connectivity index (χ0n) is 10.1. The van der Waals surface area contributed by atoms with Gasteiger partial charge in [0.25, 0.3) is 5.91 Å². The Morgan fingerprint density at radius 2 is 2.21 bits per heavy atom. The number of halogens is 2. The third-order valence-electron chi connectivity index (χ3n) is 2.61. The van der Waals surface area contributed by atoms with E-state index in [0.717, 1.165) is 11.8 Å². The smallest absolute Gasteiger partial charge is 0.254 e. The molecular formula is C14H12ClFN2O. The monoisotopic (exact) mass is 278 g/mol. The van der Waals surface area contributed by atoms with Gasteiger partial charge >= 0.3 is 0 Å². The Hall–Kier alpha value is -1.94. The van der Waals surface area contributed by atoms with Crippen LogP contribution in [0.5, 0.6) is 0 Å². The second-order valence-electron chi connectivity index (χ2n) is 3.99. The van der Waals surface area contributed by atoms with E-state index < -0.39 is 11.7 Å². The lowest BCUT2D eigenvalue weighted by atomic mass is 10.1. The number of carbonyl (C=O) groups is 1. The molecule has 19 heavy (non-hydrogen) atoms. The maximum atomic E-state index is 13.3. The summed E-state index contributed by atoms with van der Waals surface area (Å²) in [6.07, 6.45) is 3.04. The minimum Gasteiger partial charge on any atom is -0.352 e. The molecule has 0 aliphatic rings. The maximum Gasteiger partial charge on any atom is 0.254 e. The molecular weight excluding hydrogens is 267 g/mol. The Morgan fingerprint density at radius 1 is 1.37 bits per heavy atom. The van der Waals surface area contributed by atoms with Crippen LogP contribution < -0.4 is 5.32 Å². The van der Waals surface area contributed by atoms with E-state index >= 15 is 0 Å². The van der Waals surface area contributed by atoms with Crippen LogP contribution in [0.3, 0.4) is 0 Å². The van der Waals surface area contributed by atoms with E-state index in [-0.39, 0.29) is 5.56 Å². The van der Waals surface area contributed by atoms with Crippen LogP contribution in [-0.2, 0) is 6.42 Å². The minimum absolute atomic E-state index is 0.00101. The number of hydrogen-bond acceptors (Lipinski definition) is 2. The van der Waals surface area contributed by atoms with Crippen molar-refractivity contribution < 1.29 is 9.18 Å². The molecule has 0 aliphatic heterocycles. The van der Waals surface area contributed by atoms with Crippen molar-refractivity contribution >= 4 is 17.5 Å². The topological polar surface area (TPSA) is 42.0 Å². The summed E-state index contributed by atoms with van der Waals surface area (Å²) >= 11 is 5.86. The number of benzene rings is 1. The average molecular weight is 279 g/mol. The summed E-state index contributed by atoms with van der Waals surface area (Å²) < 4.78 is 13.3. The summed E-state index contributed by atoms with van der Waals surface area (Å²) in [7, 11) is 0. The van der Waals surface area contributed by atoms with Crippen LogP contribution in [0, 0.1) is 5.82 Å². The molecule has 0 spiro atoms. The zero-order valence-corrected chi connectivity index (χ0v) is 10.8. The van der Waals surface area contributed by atoms with E-state index in [4.69, 9.17) is 11.6 Å². The van der Waals surface area contributed by atoms with Gasteiger partial charge in [0.2, 0.25) is 0 Å². The number of nitrogens with zero attached hydrogens (tertiary/aromatic N) is 1. The molecule has 0 saturated carbocycles.